The van der Waals surface area contributed by atoms with Crippen molar-refractivity contribution in [1.82, 2.24) is 0 Å². The first-order chi connectivity index (χ1) is 9.06. The number of aliphatic hydroxyl groups is 2. The number of rotatable bonds is 3. The maximum absolute atomic E-state index is 10.8. The lowest BCUT2D eigenvalue weighted by Crippen LogP contribution is -2.48. The van der Waals surface area contributed by atoms with E-state index in [0.29, 0.717) is 23.7 Å². The average Bonchev–Trinajstić information content (AvgIpc) is 2.51. The molecular weight excluding hydrogens is 236 g/mol. The highest BCUT2D eigenvalue weighted by Gasteiger charge is 2.45. The third kappa shape index (κ3) is 3.16. The van der Waals surface area contributed by atoms with E-state index in [1.807, 2.05) is 0 Å². The van der Waals surface area contributed by atoms with Gasteiger partial charge in [-0.3, -0.25) is 0 Å². The molecule has 2 rings (SSSR count). The molecule has 112 valence electrons. The van der Waals surface area contributed by atoms with Gasteiger partial charge < -0.3 is 10.2 Å². The maximum Gasteiger partial charge on any atom is 0.0626 e. The Balaban J connectivity index is 2.15. The highest BCUT2D eigenvalue weighted by Crippen LogP contribution is 2.46. The lowest BCUT2D eigenvalue weighted by Gasteiger charge is -2.44. The summed E-state index contributed by atoms with van der Waals surface area (Å²) in [5, 5.41) is 21.5. The summed E-state index contributed by atoms with van der Waals surface area (Å²) in [4.78, 5) is 0. The van der Waals surface area contributed by atoms with Crippen LogP contribution in [0, 0.1) is 29.6 Å². The van der Waals surface area contributed by atoms with Gasteiger partial charge in [0.15, 0.2) is 0 Å². The Kier molecular flexibility index (Phi) is 5.30. The molecule has 19 heavy (non-hydrogen) atoms. The molecule has 4 unspecified atom stereocenters. The van der Waals surface area contributed by atoms with Gasteiger partial charge in [0.25, 0.3) is 0 Å². The van der Waals surface area contributed by atoms with Gasteiger partial charge in [-0.1, -0.05) is 33.6 Å². The van der Waals surface area contributed by atoms with Crippen LogP contribution in [0.3, 0.4) is 0 Å². The van der Waals surface area contributed by atoms with Crippen LogP contribution in [0.4, 0.5) is 0 Å². The van der Waals surface area contributed by atoms with E-state index in [9.17, 15) is 10.2 Å². The normalized spacial score (nSPS) is 43.9. The van der Waals surface area contributed by atoms with Crippen LogP contribution in [0.2, 0.25) is 0 Å². The topological polar surface area (TPSA) is 40.5 Å². The van der Waals surface area contributed by atoms with Crippen molar-refractivity contribution in [2.75, 3.05) is 0 Å². The summed E-state index contributed by atoms with van der Waals surface area (Å²) < 4.78 is 0. The smallest absolute Gasteiger partial charge is 0.0626 e. The molecule has 2 N–H and O–H groups in total. The van der Waals surface area contributed by atoms with E-state index in [2.05, 4.69) is 20.8 Å². The van der Waals surface area contributed by atoms with Crippen LogP contribution in [0.5, 0.6) is 0 Å². The molecule has 2 aliphatic carbocycles. The Morgan fingerprint density at radius 2 is 1.74 bits per heavy atom. The predicted molar refractivity (Wildman–Crippen MR) is 78.8 cm³/mol. The van der Waals surface area contributed by atoms with E-state index in [1.165, 1.54) is 19.3 Å². The van der Waals surface area contributed by atoms with Crippen molar-refractivity contribution in [3.05, 3.63) is 0 Å². The van der Waals surface area contributed by atoms with Gasteiger partial charge in [0, 0.05) is 5.92 Å². The number of hydrogen-bond donors (Lipinski definition) is 2. The third-order valence-corrected chi connectivity index (χ3v) is 5.79. The summed E-state index contributed by atoms with van der Waals surface area (Å²) in [6.07, 6.45) is 7.65. The zero-order chi connectivity index (χ0) is 14.0. The molecule has 0 aromatic carbocycles. The van der Waals surface area contributed by atoms with Crippen LogP contribution in [-0.4, -0.2) is 22.4 Å². The van der Waals surface area contributed by atoms with E-state index >= 15 is 0 Å². The largest absolute Gasteiger partial charge is 0.392 e. The van der Waals surface area contributed by atoms with Crippen LogP contribution < -0.4 is 0 Å². The highest BCUT2D eigenvalue weighted by atomic mass is 16.3. The molecule has 0 spiro atoms. The molecule has 2 saturated carbocycles. The zero-order valence-electron chi connectivity index (χ0n) is 12.9. The minimum absolute atomic E-state index is 0.139. The van der Waals surface area contributed by atoms with E-state index < -0.39 is 0 Å². The predicted octanol–water partition coefficient (Wildman–Crippen LogP) is 3.61. The van der Waals surface area contributed by atoms with Crippen molar-refractivity contribution < 1.29 is 10.2 Å². The lowest BCUT2D eigenvalue weighted by atomic mass is 9.65. The van der Waals surface area contributed by atoms with Crippen LogP contribution in [0.25, 0.3) is 0 Å². The molecular formula is C17H32O2. The van der Waals surface area contributed by atoms with Gasteiger partial charge in [-0.25, -0.2) is 0 Å². The first kappa shape index (κ1) is 15.3. The van der Waals surface area contributed by atoms with Crippen molar-refractivity contribution in [1.29, 1.82) is 0 Å². The van der Waals surface area contributed by atoms with Crippen LogP contribution in [0.1, 0.15) is 65.7 Å². The Hall–Kier alpha value is -0.0800. The molecule has 0 aromatic heterocycles. The van der Waals surface area contributed by atoms with Crippen molar-refractivity contribution in [3.63, 3.8) is 0 Å². The van der Waals surface area contributed by atoms with Crippen molar-refractivity contribution in [2.24, 2.45) is 29.6 Å². The summed E-state index contributed by atoms with van der Waals surface area (Å²) in [6.45, 7) is 6.62. The molecule has 2 aliphatic rings. The monoisotopic (exact) mass is 268 g/mol. The summed E-state index contributed by atoms with van der Waals surface area (Å²) >= 11 is 0. The third-order valence-electron chi connectivity index (χ3n) is 5.79. The summed E-state index contributed by atoms with van der Waals surface area (Å²) in [7, 11) is 0. The van der Waals surface area contributed by atoms with Gasteiger partial charge >= 0.3 is 0 Å². The first-order valence-corrected chi connectivity index (χ1v) is 8.42. The molecule has 0 amide bonds. The van der Waals surface area contributed by atoms with Gasteiger partial charge in [0.05, 0.1) is 12.2 Å². The van der Waals surface area contributed by atoms with E-state index in [0.717, 1.165) is 25.7 Å². The summed E-state index contributed by atoms with van der Waals surface area (Å²) in [6, 6.07) is 0. The number of aliphatic hydroxyl groups excluding tert-OH is 2. The number of fused-ring (bicyclic) bond motifs is 1. The Bertz CT molecular complexity index is 276. The molecule has 2 nitrogen and oxygen atoms in total. The molecule has 6 atom stereocenters. The quantitative estimate of drug-likeness (QED) is 0.821. The van der Waals surface area contributed by atoms with Crippen molar-refractivity contribution >= 4 is 0 Å². The fourth-order valence-electron chi connectivity index (χ4n) is 4.69. The van der Waals surface area contributed by atoms with Gasteiger partial charge in [0.2, 0.25) is 0 Å². The molecule has 0 heterocycles. The van der Waals surface area contributed by atoms with Crippen LogP contribution in [0.15, 0.2) is 0 Å². The van der Waals surface area contributed by atoms with Gasteiger partial charge in [0.1, 0.15) is 0 Å². The SMILES string of the molecule is CCC[C@H]1CCCC2CC[C@@H](C(C)C)C(O)C2C1O. The molecule has 0 saturated heterocycles. The Labute approximate surface area is 118 Å². The second kappa shape index (κ2) is 6.58. The van der Waals surface area contributed by atoms with E-state index in [-0.39, 0.29) is 18.1 Å². The molecule has 0 aromatic rings. The minimum atomic E-state index is -0.286. The molecule has 2 fully saturated rings. The average molecular weight is 268 g/mol. The molecule has 0 bridgehead atoms. The summed E-state index contributed by atoms with van der Waals surface area (Å²) in [5.41, 5.74) is 0. The molecule has 2 heteroatoms. The Morgan fingerprint density at radius 3 is 2.37 bits per heavy atom. The van der Waals surface area contributed by atoms with Gasteiger partial charge in [-0.15, -0.1) is 0 Å². The second-order valence-corrected chi connectivity index (χ2v) is 7.28. The molecule has 0 radical (unpaired) electrons. The minimum Gasteiger partial charge on any atom is -0.392 e. The van der Waals surface area contributed by atoms with Crippen LogP contribution >= 0.6 is 0 Å². The zero-order valence-corrected chi connectivity index (χ0v) is 12.9. The van der Waals surface area contributed by atoms with Gasteiger partial charge in [-0.05, 0) is 55.8 Å². The Morgan fingerprint density at radius 1 is 1.00 bits per heavy atom. The van der Waals surface area contributed by atoms with Crippen molar-refractivity contribution in [2.45, 2.75) is 77.9 Å². The fraction of sp³-hybridized carbons (Fsp3) is 1.00. The summed E-state index contributed by atoms with van der Waals surface area (Å²) in [5.74, 6) is 2.02. The maximum atomic E-state index is 10.8. The fourth-order valence-corrected chi connectivity index (χ4v) is 4.69. The van der Waals surface area contributed by atoms with Gasteiger partial charge in [-0.2, -0.15) is 0 Å². The first-order valence-electron chi connectivity index (χ1n) is 8.42. The van der Waals surface area contributed by atoms with Crippen LogP contribution in [-0.2, 0) is 0 Å². The molecule has 0 aliphatic heterocycles. The standard InChI is InChI=1S/C17H32O2/c1-4-6-13-8-5-7-12-9-10-14(11(2)3)17(19)15(12)16(13)18/h11-19H,4-10H2,1-3H3/t12?,13-,14-,15?,16?,17?/m0/s1. The second-order valence-electron chi connectivity index (χ2n) is 7.28. The number of hydrogen-bond acceptors (Lipinski definition) is 2. The van der Waals surface area contributed by atoms with E-state index in [4.69, 9.17) is 0 Å². The van der Waals surface area contributed by atoms with Crippen molar-refractivity contribution in [3.8, 4) is 0 Å². The highest BCUT2D eigenvalue weighted by molar-refractivity contribution is 4.95. The van der Waals surface area contributed by atoms with E-state index in [1.54, 1.807) is 0 Å². The lowest BCUT2D eigenvalue weighted by molar-refractivity contribution is -0.0965.